The minimum absolute atomic E-state index is 0.265. The number of hydrogen-bond acceptors (Lipinski definition) is 3. The lowest BCUT2D eigenvalue weighted by Crippen LogP contribution is -2.41. The molecular weight excluding hydrogens is 306 g/mol. The van der Waals surface area contributed by atoms with E-state index in [1.165, 1.54) is 0 Å². The molecule has 0 saturated carbocycles. The Balaban J connectivity index is 2.05. The third kappa shape index (κ3) is 5.15. The van der Waals surface area contributed by atoms with Crippen LogP contribution >= 0.6 is 0 Å². The fourth-order valence-corrected chi connectivity index (χ4v) is 2.12. The summed E-state index contributed by atoms with van der Waals surface area (Å²) in [5, 5.41) is 14.3. The molecule has 0 fully saturated rings. The molecule has 2 aromatic rings. The number of H-pyrrole nitrogens is 1. The molecule has 6 heteroatoms. The van der Waals surface area contributed by atoms with Crippen molar-refractivity contribution in [2.75, 3.05) is 0 Å². The average Bonchev–Trinajstić information content (AvgIpc) is 2.94. The molecule has 127 valence electrons. The maximum atomic E-state index is 11.9. The summed E-state index contributed by atoms with van der Waals surface area (Å²) in [4.78, 5) is 19.3. The van der Waals surface area contributed by atoms with Crippen LogP contribution in [0.5, 0.6) is 0 Å². The average molecular weight is 328 g/mol. The largest absolute Gasteiger partial charge is 0.444 e. The number of hydrogen-bond donors (Lipinski definition) is 2. The molecule has 1 aromatic carbocycles. The molecule has 2 N–H and O–H groups in total. The van der Waals surface area contributed by atoms with Gasteiger partial charge in [0.25, 0.3) is 0 Å². The first-order chi connectivity index (χ1) is 11.2. The van der Waals surface area contributed by atoms with E-state index in [2.05, 4.69) is 21.9 Å². The van der Waals surface area contributed by atoms with E-state index in [9.17, 15) is 9.90 Å². The Kier molecular flexibility index (Phi) is 5.28. The molecule has 24 heavy (non-hydrogen) atoms. The topological polar surface area (TPSA) is 86.9 Å². The van der Waals surface area contributed by atoms with Crippen LogP contribution in [0, 0.1) is 0 Å². The van der Waals surface area contributed by atoms with E-state index >= 15 is 0 Å². The van der Waals surface area contributed by atoms with Gasteiger partial charge in [0, 0.05) is 23.9 Å². The zero-order valence-electron chi connectivity index (χ0n) is 14.1. The first kappa shape index (κ1) is 17.6. The lowest BCUT2D eigenvalue weighted by molar-refractivity contribution is 0.0495. The van der Waals surface area contributed by atoms with E-state index < -0.39 is 23.5 Å². The molecule has 0 aliphatic heterocycles. The Hall–Kier alpha value is -2.76. The lowest BCUT2D eigenvalue weighted by atomic mass is 10.1. The number of rotatable bonds is 5. The molecule has 0 aliphatic carbocycles. The molecule has 0 saturated heterocycles. The summed E-state index contributed by atoms with van der Waals surface area (Å²) in [5.41, 5.74) is 1.04. The summed E-state index contributed by atoms with van der Waals surface area (Å²) in [7, 11) is 0. The second-order valence-corrected chi connectivity index (χ2v) is 6.49. The SMILES string of the molecule is C=C([O])[C@H](Cc1cnc(-c2ccccc2)[nH]1)NC(=O)OC(C)(C)C. The highest BCUT2D eigenvalue weighted by atomic mass is 16.6. The van der Waals surface area contributed by atoms with Crippen LogP contribution in [0.1, 0.15) is 26.5 Å². The van der Waals surface area contributed by atoms with Crippen LogP contribution in [0.15, 0.2) is 48.9 Å². The molecular formula is C18H22N3O3. The van der Waals surface area contributed by atoms with Crippen LogP contribution in [-0.4, -0.2) is 27.7 Å². The number of aromatic nitrogens is 2. The fraction of sp³-hybridized carbons (Fsp3) is 0.333. The monoisotopic (exact) mass is 328 g/mol. The van der Waals surface area contributed by atoms with E-state index in [0.717, 1.165) is 11.3 Å². The predicted molar refractivity (Wildman–Crippen MR) is 90.7 cm³/mol. The van der Waals surface area contributed by atoms with Crippen LogP contribution < -0.4 is 5.32 Å². The van der Waals surface area contributed by atoms with Crippen molar-refractivity contribution in [1.82, 2.24) is 15.3 Å². The molecule has 1 radical (unpaired) electrons. The van der Waals surface area contributed by atoms with Gasteiger partial charge in [-0.2, -0.15) is 0 Å². The van der Waals surface area contributed by atoms with Crippen LogP contribution in [0.25, 0.3) is 11.4 Å². The van der Waals surface area contributed by atoms with E-state index in [1.807, 2.05) is 30.3 Å². The minimum atomic E-state index is -0.774. The highest BCUT2D eigenvalue weighted by molar-refractivity contribution is 5.68. The Bertz CT molecular complexity index is 702. The molecule has 0 spiro atoms. The molecule has 0 unspecified atom stereocenters. The van der Waals surface area contributed by atoms with Gasteiger partial charge >= 0.3 is 6.09 Å². The number of imidazole rings is 1. The summed E-state index contributed by atoms with van der Waals surface area (Å²) in [6, 6.07) is 8.87. The van der Waals surface area contributed by atoms with Crippen molar-refractivity contribution in [3.8, 4) is 11.4 Å². The van der Waals surface area contributed by atoms with Crippen molar-refractivity contribution in [3.05, 3.63) is 54.6 Å². The van der Waals surface area contributed by atoms with Crippen molar-refractivity contribution >= 4 is 6.09 Å². The lowest BCUT2D eigenvalue weighted by Gasteiger charge is -2.22. The summed E-state index contributed by atoms with van der Waals surface area (Å²) < 4.78 is 5.17. The fourth-order valence-electron chi connectivity index (χ4n) is 2.12. The summed E-state index contributed by atoms with van der Waals surface area (Å²) >= 11 is 0. The van der Waals surface area contributed by atoms with Gasteiger partial charge in [0.1, 0.15) is 11.4 Å². The van der Waals surface area contributed by atoms with Gasteiger partial charge < -0.3 is 15.0 Å². The minimum Gasteiger partial charge on any atom is -0.444 e. The number of ether oxygens (including phenoxy) is 1. The van der Waals surface area contributed by atoms with Gasteiger partial charge in [0.2, 0.25) is 0 Å². The van der Waals surface area contributed by atoms with Crippen LogP contribution in [0.4, 0.5) is 4.79 Å². The molecule has 1 aromatic heterocycles. The highest BCUT2D eigenvalue weighted by Crippen LogP contribution is 2.16. The van der Waals surface area contributed by atoms with Gasteiger partial charge in [-0.3, -0.25) is 5.11 Å². The summed E-state index contributed by atoms with van der Waals surface area (Å²) in [6.45, 7) is 8.68. The normalized spacial score (nSPS) is 12.5. The highest BCUT2D eigenvalue weighted by Gasteiger charge is 2.23. The van der Waals surface area contributed by atoms with Gasteiger partial charge in [0.05, 0.1) is 6.04 Å². The van der Waals surface area contributed by atoms with Crippen LogP contribution in [-0.2, 0) is 16.3 Å². The van der Waals surface area contributed by atoms with Crippen molar-refractivity contribution in [2.24, 2.45) is 0 Å². The van der Waals surface area contributed by atoms with Crippen LogP contribution in [0.2, 0.25) is 0 Å². The number of carbonyl (C=O) groups excluding carboxylic acids is 1. The summed E-state index contributed by atoms with van der Waals surface area (Å²) in [6.07, 6.45) is 1.27. The van der Waals surface area contributed by atoms with Crippen molar-refractivity contribution in [1.29, 1.82) is 0 Å². The predicted octanol–water partition coefficient (Wildman–Crippen LogP) is 3.46. The Morgan fingerprint density at radius 1 is 1.33 bits per heavy atom. The molecule has 2 rings (SSSR count). The van der Waals surface area contributed by atoms with Gasteiger partial charge in [-0.25, -0.2) is 9.78 Å². The quantitative estimate of drug-likeness (QED) is 0.824. The van der Waals surface area contributed by atoms with Gasteiger partial charge in [-0.1, -0.05) is 36.9 Å². The second kappa shape index (κ2) is 7.21. The van der Waals surface area contributed by atoms with Gasteiger partial charge in [0.15, 0.2) is 5.76 Å². The molecule has 0 bridgehead atoms. The number of nitrogens with one attached hydrogen (secondary N) is 2. The van der Waals surface area contributed by atoms with Crippen molar-refractivity contribution in [2.45, 2.75) is 38.8 Å². The number of carbonyl (C=O) groups is 1. The Morgan fingerprint density at radius 3 is 2.58 bits per heavy atom. The third-order valence-corrected chi connectivity index (χ3v) is 3.18. The van der Waals surface area contributed by atoms with E-state index in [-0.39, 0.29) is 6.42 Å². The molecule has 1 amide bonds. The molecule has 1 atom stereocenters. The zero-order valence-corrected chi connectivity index (χ0v) is 14.1. The van der Waals surface area contributed by atoms with E-state index in [0.29, 0.717) is 5.82 Å². The number of amides is 1. The van der Waals surface area contributed by atoms with Gasteiger partial charge in [-0.05, 0) is 20.8 Å². The Morgan fingerprint density at radius 2 is 2.00 bits per heavy atom. The maximum Gasteiger partial charge on any atom is 0.408 e. The van der Waals surface area contributed by atoms with Crippen LogP contribution in [0.3, 0.4) is 0 Å². The van der Waals surface area contributed by atoms with E-state index in [4.69, 9.17) is 4.74 Å². The van der Waals surface area contributed by atoms with Crippen molar-refractivity contribution < 1.29 is 14.6 Å². The van der Waals surface area contributed by atoms with Crippen molar-refractivity contribution in [3.63, 3.8) is 0 Å². The molecule has 0 aliphatic rings. The standard InChI is InChI=1S/C18H22N3O3/c1-12(22)15(21-17(23)24-18(2,3)4)10-14-11-19-16(20-14)13-8-6-5-7-9-13/h5-9,11,15H,1,10H2,2-4H3,(H,19,20)(H,21,23)/t15-/m0/s1. The molecule has 1 heterocycles. The number of alkyl carbamates (subject to hydrolysis) is 1. The maximum absolute atomic E-state index is 11.9. The van der Waals surface area contributed by atoms with E-state index in [1.54, 1.807) is 27.0 Å². The first-order valence-electron chi connectivity index (χ1n) is 7.69. The number of nitrogens with zero attached hydrogens (tertiary/aromatic N) is 1. The second-order valence-electron chi connectivity index (χ2n) is 6.49. The third-order valence-electron chi connectivity index (χ3n) is 3.18. The van der Waals surface area contributed by atoms with Gasteiger partial charge in [-0.15, -0.1) is 0 Å². The summed E-state index contributed by atoms with van der Waals surface area (Å²) in [5.74, 6) is 0.315. The smallest absolute Gasteiger partial charge is 0.408 e. The number of aromatic amines is 1. The number of benzene rings is 1. The zero-order chi connectivity index (χ0) is 17.7. The Labute approximate surface area is 141 Å². The first-order valence-corrected chi connectivity index (χ1v) is 7.69. The molecule has 6 nitrogen and oxygen atoms in total.